The summed E-state index contributed by atoms with van der Waals surface area (Å²) < 4.78 is 5.72. The number of aliphatic hydroxyl groups excluding tert-OH is 1. The Hall–Kier alpha value is -2.65. The highest BCUT2D eigenvalue weighted by atomic mass is 16.5. The Morgan fingerprint density at radius 1 is 0.762 bits per heavy atom. The average Bonchev–Trinajstić information content (AvgIpc) is 2.57. The Morgan fingerprint density at radius 2 is 1.43 bits per heavy atom. The van der Waals surface area contributed by atoms with Crippen molar-refractivity contribution in [1.82, 2.24) is 4.98 Å². The number of nitrogens with zero attached hydrogens (tertiary/aromatic N) is 1. The Labute approximate surface area is 123 Å². The first-order valence-electron chi connectivity index (χ1n) is 6.75. The van der Waals surface area contributed by atoms with Crippen LogP contribution in [0.15, 0.2) is 79.0 Å². The van der Waals surface area contributed by atoms with Gasteiger partial charge in [0.2, 0.25) is 0 Å². The van der Waals surface area contributed by atoms with Crippen molar-refractivity contribution in [3.05, 3.63) is 90.3 Å². The molecule has 3 nitrogen and oxygen atoms in total. The highest BCUT2D eigenvalue weighted by Crippen LogP contribution is 2.25. The van der Waals surface area contributed by atoms with E-state index in [0.29, 0.717) is 5.69 Å². The molecule has 2 aromatic carbocycles. The van der Waals surface area contributed by atoms with Gasteiger partial charge >= 0.3 is 0 Å². The third kappa shape index (κ3) is 3.27. The van der Waals surface area contributed by atoms with E-state index in [2.05, 4.69) is 4.98 Å². The SMILES string of the molecule is O[C@@H](c1ccc(Oc2ccccc2)cc1)c1ccccn1. The molecule has 0 amide bonds. The molecule has 1 aromatic heterocycles. The number of aromatic nitrogens is 1. The summed E-state index contributed by atoms with van der Waals surface area (Å²) in [6.45, 7) is 0. The summed E-state index contributed by atoms with van der Waals surface area (Å²) in [5.74, 6) is 1.52. The van der Waals surface area contributed by atoms with Crippen LogP contribution in [0.4, 0.5) is 0 Å². The minimum absolute atomic E-state index is 0.634. The van der Waals surface area contributed by atoms with Gasteiger partial charge < -0.3 is 9.84 Å². The normalized spacial score (nSPS) is 11.9. The van der Waals surface area contributed by atoms with Crippen LogP contribution < -0.4 is 4.74 Å². The second kappa shape index (κ2) is 6.20. The van der Waals surface area contributed by atoms with Crippen LogP contribution in [-0.4, -0.2) is 10.1 Å². The van der Waals surface area contributed by atoms with Crippen molar-refractivity contribution in [3.8, 4) is 11.5 Å². The Balaban J connectivity index is 1.75. The van der Waals surface area contributed by atoms with Gasteiger partial charge in [0.05, 0.1) is 5.69 Å². The summed E-state index contributed by atoms with van der Waals surface area (Å²) in [4.78, 5) is 4.16. The second-order valence-corrected chi connectivity index (χ2v) is 4.64. The molecular formula is C18H15NO2. The lowest BCUT2D eigenvalue weighted by atomic mass is 10.1. The Morgan fingerprint density at radius 3 is 2.10 bits per heavy atom. The molecule has 0 unspecified atom stereocenters. The third-order valence-electron chi connectivity index (χ3n) is 3.14. The maximum absolute atomic E-state index is 10.3. The molecule has 0 aliphatic heterocycles. The van der Waals surface area contributed by atoms with Gasteiger partial charge in [-0.1, -0.05) is 36.4 Å². The Bertz CT molecular complexity index is 681. The highest BCUT2D eigenvalue weighted by Gasteiger charge is 2.11. The predicted octanol–water partition coefficient (Wildman–Crippen LogP) is 3.96. The van der Waals surface area contributed by atoms with Crippen LogP contribution in [0.5, 0.6) is 11.5 Å². The Kier molecular flexibility index (Phi) is 3.94. The van der Waals surface area contributed by atoms with Gasteiger partial charge in [-0.15, -0.1) is 0 Å². The molecule has 3 rings (SSSR count). The van der Waals surface area contributed by atoms with Crippen LogP contribution >= 0.6 is 0 Å². The van der Waals surface area contributed by atoms with Gasteiger partial charge in [0.1, 0.15) is 17.6 Å². The van der Waals surface area contributed by atoms with E-state index in [0.717, 1.165) is 17.1 Å². The zero-order valence-electron chi connectivity index (χ0n) is 11.4. The van der Waals surface area contributed by atoms with Crippen LogP contribution in [0.25, 0.3) is 0 Å². The molecule has 0 radical (unpaired) electrons. The molecule has 0 spiro atoms. The topological polar surface area (TPSA) is 42.4 Å². The lowest BCUT2D eigenvalue weighted by Gasteiger charge is -2.11. The van der Waals surface area contributed by atoms with E-state index in [9.17, 15) is 5.11 Å². The average molecular weight is 277 g/mol. The van der Waals surface area contributed by atoms with E-state index < -0.39 is 6.10 Å². The summed E-state index contributed by atoms with van der Waals surface area (Å²) in [7, 11) is 0. The molecule has 21 heavy (non-hydrogen) atoms. The number of hydrogen-bond donors (Lipinski definition) is 1. The van der Waals surface area contributed by atoms with Gasteiger partial charge in [0, 0.05) is 6.20 Å². The summed E-state index contributed by atoms with van der Waals surface area (Å²) in [6.07, 6.45) is 0.947. The van der Waals surface area contributed by atoms with Crippen molar-refractivity contribution >= 4 is 0 Å². The summed E-state index contributed by atoms with van der Waals surface area (Å²) in [5, 5.41) is 10.3. The van der Waals surface area contributed by atoms with Crippen LogP contribution in [0.1, 0.15) is 17.4 Å². The fraction of sp³-hybridized carbons (Fsp3) is 0.0556. The van der Waals surface area contributed by atoms with Gasteiger partial charge in [-0.3, -0.25) is 4.98 Å². The highest BCUT2D eigenvalue weighted by molar-refractivity contribution is 5.35. The fourth-order valence-electron chi connectivity index (χ4n) is 2.05. The van der Waals surface area contributed by atoms with Crippen LogP contribution in [0.2, 0.25) is 0 Å². The van der Waals surface area contributed by atoms with Crippen LogP contribution in [0, 0.1) is 0 Å². The van der Waals surface area contributed by atoms with Crippen molar-refractivity contribution in [2.24, 2.45) is 0 Å². The van der Waals surface area contributed by atoms with Crippen molar-refractivity contribution in [3.63, 3.8) is 0 Å². The van der Waals surface area contributed by atoms with E-state index in [1.807, 2.05) is 66.7 Å². The van der Waals surface area contributed by atoms with E-state index in [4.69, 9.17) is 4.74 Å². The molecule has 0 aliphatic carbocycles. The lowest BCUT2D eigenvalue weighted by Crippen LogP contribution is -2.01. The molecule has 0 aliphatic rings. The summed E-state index contributed by atoms with van der Waals surface area (Å²) >= 11 is 0. The standard InChI is InChI=1S/C18H15NO2/c20-18(17-8-4-5-13-19-17)14-9-11-16(12-10-14)21-15-6-2-1-3-7-15/h1-13,18,20H/t18-/m0/s1. The van der Waals surface area contributed by atoms with Gasteiger partial charge in [-0.25, -0.2) is 0 Å². The number of para-hydroxylation sites is 1. The molecular weight excluding hydrogens is 262 g/mol. The van der Waals surface area contributed by atoms with E-state index >= 15 is 0 Å². The van der Waals surface area contributed by atoms with Crippen molar-refractivity contribution in [2.75, 3.05) is 0 Å². The molecule has 0 saturated heterocycles. The molecule has 3 heteroatoms. The molecule has 1 heterocycles. The third-order valence-corrected chi connectivity index (χ3v) is 3.14. The molecule has 0 fully saturated rings. The largest absolute Gasteiger partial charge is 0.457 e. The molecule has 0 saturated carbocycles. The smallest absolute Gasteiger partial charge is 0.127 e. The maximum atomic E-state index is 10.3. The summed E-state index contributed by atoms with van der Waals surface area (Å²) in [5.41, 5.74) is 1.42. The van der Waals surface area contributed by atoms with Crippen LogP contribution in [-0.2, 0) is 0 Å². The number of ether oxygens (including phenoxy) is 1. The lowest BCUT2D eigenvalue weighted by molar-refractivity contribution is 0.215. The van der Waals surface area contributed by atoms with Crippen molar-refractivity contribution in [2.45, 2.75) is 6.10 Å². The summed E-state index contributed by atoms with van der Waals surface area (Å²) in [6, 6.07) is 22.5. The number of aliphatic hydroxyl groups is 1. The number of pyridine rings is 1. The molecule has 1 N–H and O–H groups in total. The van der Waals surface area contributed by atoms with Gasteiger partial charge in [-0.05, 0) is 42.0 Å². The van der Waals surface area contributed by atoms with Gasteiger partial charge in [-0.2, -0.15) is 0 Å². The maximum Gasteiger partial charge on any atom is 0.127 e. The van der Waals surface area contributed by atoms with Gasteiger partial charge in [0.25, 0.3) is 0 Å². The molecule has 104 valence electrons. The number of hydrogen-bond acceptors (Lipinski definition) is 3. The number of rotatable bonds is 4. The quantitative estimate of drug-likeness (QED) is 0.785. The van der Waals surface area contributed by atoms with Crippen LogP contribution in [0.3, 0.4) is 0 Å². The van der Waals surface area contributed by atoms with Crippen molar-refractivity contribution < 1.29 is 9.84 Å². The van der Waals surface area contributed by atoms with E-state index in [-0.39, 0.29) is 0 Å². The number of benzene rings is 2. The van der Waals surface area contributed by atoms with E-state index in [1.54, 1.807) is 12.3 Å². The first-order chi connectivity index (χ1) is 10.3. The fourth-order valence-corrected chi connectivity index (χ4v) is 2.05. The monoisotopic (exact) mass is 277 g/mol. The second-order valence-electron chi connectivity index (χ2n) is 4.64. The first-order valence-corrected chi connectivity index (χ1v) is 6.75. The molecule has 1 atom stereocenters. The zero-order chi connectivity index (χ0) is 14.5. The minimum Gasteiger partial charge on any atom is -0.457 e. The van der Waals surface area contributed by atoms with Gasteiger partial charge in [0.15, 0.2) is 0 Å². The van der Waals surface area contributed by atoms with E-state index in [1.165, 1.54) is 0 Å². The molecule has 3 aromatic rings. The zero-order valence-corrected chi connectivity index (χ0v) is 11.4. The van der Waals surface area contributed by atoms with Crippen molar-refractivity contribution in [1.29, 1.82) is 0 Å². The molecule has 0 bridgehead atoms. The minimum atomic E-state index is -0.725. The first kappa shape index (κ1) is 13.3. The predicted molar refractivity (Wildman–Crippen MR) is 81.3 cm³/mol.